The van der Waals surface area contributed by atoms with Gasteiger partial charge in [0.15, 0.2) is 0 Å². The van der Waals surface area contributed by atoms with Gasteiger partial charge in [0.1, 0.15) is 0 Å². The van der Waals surface area contributed by atoms with Gasteiger partial charge in [-0.05, 0) is 30.2 Å². The molecule has 0 radical (unpaired) electrons. The SMILES string of the molecule is CCC(CC)CN(CC)CC(O)c1ccc(N)cc1. The summed E-state index contributed by atoms with van der Waals surface area (Å²) >= 11 is 0. The summed E-state index contributed by atoms with van der Waals surface area (Å²) < 4.78 is 0. The van der Waals surface area contributed by atoms with Gasteiger partial charge in [0, 0.05) is 18.8 Å². The van der Waals surface area contributed by atoms with Crippen molar-refractivity contribution in [3.05, 3.63) is 29.8 Å². The highest BCUT2D eigenvalue weighted by Crippen LogP contribution is 2.18. The van der Waals surface area contributed by atoms with E-state index in [1.807, 2.05) is 24.3 Å². The average molecular weight is 264 g/mol. The van der Waals surface area contributed by atoms with Gasteiger partial charge in [-0.15, -0.1) is 0 Å². The molecule has 19 heavy (non-hydrogen) atoms. The third kappa shape index (κ3) is 5.21. The minimum Gasteiger partial charge on any atom is -0.399 e. The lowest BCUT2D eigenvalue weighted by atomic mass is 10.0. The highest BCUT2D eigenvalue weighted by atomic mass is 16.3. The smallest absolute Gasteiger partial charge is 0.0916 e. The molecule has 0 aliphatic rings. The van der Waals surface area contributed by atoms with Crippen molar-refractivity contribution in [2.24, 2.45) is 5.92 Å². The summed E-state index contributed by atoms with van der Waals surface area (Å²) in [4.78, 5) is 2.33. The van der Waals surface area contributed by atoms with Gasteiger partial charge < -0.3 is 15.7 Å². The monoisotopic (exact) mass is 264 g/mol. The lowest BCUT2D eigenvalue weighted by molar-refractivity contribution is 0.105. The molecule has 0 saturated carbocycles. The fraction of sp³-hybridized carbons (Fsp3) is 0.625. The van der Waals surface area contributed by atoms with Crippen LogP contribution in [0.1, 0.15) is 45.3 Å². The van der Waals surface area contributed by atoms with Crippen molar-refractivity contribution in [3.8, 4) is 0 Å². The molecular formula is C16H28N2O. The van der Waals surface area contributed by atoms with E-state index in [2.05, 4.69) is 25.7 Å². The Kier molecular flexibility index (Phi) is 6.89. The predicted octanol–water partition coefficient (Wildman–Crippen LogP) is 3.06. The van der Waals surface area contributed by atoms with E-state index in [1.165, 1.54) is 12.8 Å². The van der Waals surface area contributed by atoms with Gasteiger partial charge >= 0.3 is 0 Å². The first-order chi connectivity index (χ1) is 9.10. The molecule has 0 fully saturated rings. The summed E-state index contributed by atoms with van der Waals surface area (Å²) in [5.74, 6) is 0.721. The molecule has 0 spiro atoms. The molecule has 3 heteroatoms. The Labute approximate surface area is 117 Å². The summed E-state index contributed by atoms with van der Waals surface area (Å²) in [6, 6.07) is 7.50. The first kappa shape index (κ1) is 16.0. The maximum Gasteiger partial charge on any atom is 0.0916 e. The quantitative estimate of drug-likeness (QED) is 0.709. The zero-order valence-corrected chi connectivity index (χ0v) is 12.5. The van der Waals surface area contributed by atoms with Crippen LogP contribution in [0, 0.1) is 5.92 Å². The van der Waals surface area contributed by atoms with Crippen molar-refractivity contribution in [1.29, 1.82) is 0 Å². The van der Waals surface area contributed by atoms with Crippen LogP contribution >= 0.6 is 0 Å². The highest BCUT2D eigenvalue weighted by Gasteiger charge is 2.15. The summed E-state index contributed by atoms with van der Waals surface area (Å²) in [6.07, 6.45) is 1.96. The van der Waals surface area contributed by atoms with Crippen molar-refractivity contribution in [1.82, 2.24) is 4.90 Å². The molecule has 0 saturated heterocycles. The molecule has 1 rings (SSSR count). The molecule has 3 nitrogen and oxygen atoms in total. The largest absolute Gasteiger partial charge is 0.399 e. The summed E-state index contributed by atoms with van der Waals surface area (Å²) in [7, 11) is 0. The molecule has 1 aromatic rings. The molecule has 0 amide bonds. The molecule has 0 aliphatic heterocycles. The fourth-order valence-corrected chi connectivity index (χ4v) is 2.31. The van der Waals surface area contributed by atoms with Gasteiger partial charge in [-0.1, -0.05) is 45.7 Å². The van der Waals surface area contributed by atoms with E-state index in [9.17, 15) is 5.11 Å². The van der Waals surface area contributed by atoms with E-state index < -0.39 is 6.10 Å². The van der Waals surface area contributed by atoms with Crippen LogP contribution in [0.15, 0.2) is 24.3 Å². The molecule has 0 bridgehead atoms. The minimum atomic E-state index is -0.435. The van der Waals surface area contributed by atoms with Gasteiger partial charge in [-0.2, -0.15) is 0 Å². The number of benzene rings is 1. The molecule has 0 aliphatic carbocycles. The Morgan fingerprint density at radius 2 is 1.63 bits per heavy atom. The van der Waals surface area contributed by atoms with E-state index in [0.29, 0.717) is 6.54 Å². The van der Waals surface area contributed by atoms with Crippen LogP contribution in [0.2, 0.25) is 0 Å². The maximum atomic E-state index is 10.3. The fourth-order valence-electron chi connectivity index (χ4n) is 2.31. The lowest BCUT2D eigenvalue weighted by Crippen LogP contribution is -2.33. The molecule has 3 N–H and O–H groups in total. The molecule has 108 valence electrons. The Balaban J connectivity index is 2.57. The Morgan fingerprint density at radius 3 is 2.11 bits per heavy atom. The molecule has 0 aromatic heterocycles. The van der Waals surface area contributed by atoms with Crippen molar-refractivity contribution in [2.75, 3.05) is 25.4 Å². The standard InChI is InChI=1S/C16H28N2O/c1-4-13(5-2)11-18(6-3)12-16(19)14-7-9-15(17)10-8-14/h7-10,13,16,19H,4-6,11-12,17H2,1-3H3. The molecular weight excluding hydrogens is 236 g/mol. The van der Waals surface area contributed by atoms with E-state index in [1.54, 1.807) is 0 Å². The number of nitrogens with two attached hydrogens (primary N) is 1. The molecule has 1 unspecified atom stereocenters. The highest BCUT2D eigenvalue weighted by molar-refractivity contribution is 5.39. The number of nitrogen functional groups attached to an aromatic ring is 1. The maximum absolute atomic E-state index is 10.3. The van der Waals surface area contributed by atoms with E-state index in [4.69, 9.17) is 5.73 Å². The molecule has 1 aromatic carbocycles. The van der Waals surface area contributed by atoms with Crippen LogP contribution in [0.25, 0.3) is 0 Å². The third-order valence-electron chi connectivity index (χ3n) is 3.87. The third-order valence-corrected chi connectivity index (χ3v) is 3.87. The lowest BCUT2D eigenvalue weighted by Gasteiger charge is -2.27. The molecule has 1 atom stereocenters. The van der Waals surface area contributed by atoms with Crippen molar-refractivity contribution >= 4 is 5.69 Å². The first-order valence-electron chi connectivity index (χ1n) is 7.36. The average Bonchev–Trinajstić information content (AvgIpc) is 2.43. The minimum absolute atomic E-state index is 0.435. The zero-order valence-electron chi connectivity index (χ0n) is 12.5. The van der Waals surface area contributed by atoms with Crippen molar-refractivity contribution < 1.29 is 5.11 Å². The zero-order chi connectivity index (χ0) is 14.3. The van der Waals surface area contributed by atoms with Gasteiger partial charge in [0.2, 0.25) is 0 Å². The number of hydrogen-bond donors (Lipinski definition) is 2. The number of aliphatic hydroxyl groups is 1. The number of likely N-dealkylation sites (N-methyl/N-ethyl adjacent to an activating group) is 1. The van der Waals surface area contributed by atoms with Crippen molar-refractivity contribution in [2.45, 2.75) is 39.7 Å². The Morgan fingerprint density at radius 1 is 1.05 bits per heavy atom. The van der Waals surface area contributed by atoms with Crippen LogP contribution in [-0.2, 0) is 0 Å². The topological polar surface area (TPSA) is 49.5 Å². The Hall–Kier alpha value is -1.06. The first-order valence-corrected chi connectivity index (χ1v) is 7.36. The summed E-state index contributed by atoms with van der Waals surface area (Å²) in [6.45, 7) is 9.35. The number of nitrogens with zero attached hydrogens (tertiary/aromatic N) is 1. The second-order valence-electron chi connectivity index (χ2n) is 5.22. The summed E-state index contributed by atoms with van der Waals surface area (Å²) in [5.41, 5.74) is 7.34. The number of rotatable bonds is 8. The van der Waals surface area contributed by atoms with Gasteiger partial charge in [-0.25, -0.2) is 0 Å². The van der Waals surface area contributed by atoms with Gasteiger partial charge in [0.05, 0.1) is 6.10 Å². The second kappa shape index (κ2) is 8.18. The van der Waals surface area contributed by atoms with E-state index in [0.717, 1.165) is 30.3 Å². The van der Waals surface area contributed by atoms with Crippen LogP contribution in [-0.4, -0.2) is 29.6 Å². The predicted molar refractivity (Wildman–Crippen MR) is 82.0 cm³/mol. The van der Waals surface area contributed by atoms with Gasteiger partial charge in [-0.3, -0.25) is 0 Å². The van der Waals surface area contributed by atoms with Gasteiger partial charge in [0.25, 0.3) is 0 Å². The van der Waals surface area contributed by atoms with Crippen molar-refractivity contribution in [3.63, 3.8) is 0 Å². The van der Waals surface area contributed by atoms with Crippen LogP contribution in [0.5, 0.6) is 0 Å². The van der Waals surface area contributed by atoms with Crippen LogP contribution < -0.4 is 5.73 Å². The molecule has 0 heterocycles. The normalized spacial score (nSPS) is 13.2. The number of anilines is 1. The second-order valence-corrected chi connectivity index (χ2v) is 5.22. The Bertz CT molecular complexity index is 346. The van der Waals surface area contributed by atoms with Crippen LogP contribution in [0.4, 0.5) is 5.69 Å². The van der Waals surface area contributed by atoms with E-state index in [-0.39, 0.29) is 0 Å². The van der Waals surface area contributed by atoms with Crippen LogP contribution in [0.3, 0.4) is 0 Å². The summed E-state index contributed by atoms with van der Waals surface area (Å²) in [5, 5.41) is 10.3. The van der Waals surface area contributed by atoms with E-state index >= 15 is 0 Å². The number of hydrogen-bond acceptors (Lipinski definition) is 3. The number of aliphatic hydroxyl groups excluding tert-OH is 1.